The Hall–Kier alpha value is -0.710. The highest BCUT2D eigenvalue weighted by Gasteiger charge is 2.40. The Bertz CT molecular complexity index is 528. The Labute approximate surface area is 145 Å². The summed E-state index contributed by atoms with van der Waals surface area (Å²) in [7, 11) is -3.35. The summed E-state index contributed by atoms with van der Waals surface area (Å²) in [6, 6.07) is 0. The highest BCUT2D eigenvalue weighted by molar-refractivity contribution is 7.57. The van der Waals surface area contributed by atoms with E-state index in [9.17, 15) is 9.67 Å². The summed E-state index contributed by atoms with van der Waals surface area (Å²) in [6.45, 7) is 8.13. The van der Waals surface area contributed by atoms with Gasteiger partial charge in [-0.2, -0.15) is 0 Å². The number of hydrogen-bond donors (Lipinski definition) is 2. The van der Waals surface area contributed by atoms with Gasteiger partial charge in [0.05, 0.1) is 25.9 Å². The summed E-state index contributed by atoms with van der Waals surface area (Å²) in [4.78, 5) is 0. The Morgan fingerprint density at radius 1 is 1.38 bits per heavy atom. The summed E-state index contributed by atoms with van der Waals surface area (Å²) in [5.41, 5.74) is 1.41. The molecular formula is C18H31O5P. The van der Waals surface area contributed by atoms with Gasteiger partial charge in [0.25, 0.3) is 0 Å². The van der Waals surface area contributed by atoms with Crippen LogP contribution in [0.4, 0.5) is 0 Å². The Kier molecular flexibility index (Phi) is 8.61. The van der Waals surface area contributed by atoms with Crippen molar-refractivity contribution >= 4 is 7.60 Å². The highest BCUT2D eigenvalue weighted by atomic mass is 31.2. The molecule has 0 unspecified atom stereocenters. The van der Waals surface area contributed by atoms with Crippen LogP contribution in [0.25, 0.3) is 0 Å². The largest absolute Gasteiger partial charge is 0.392 e. The fourth-order valence-corrected chi connectivity index (χ4v) is 4.67. The van der Waals surface area contributed by atoms with Gasteiger partial charge in [0, 0.05) is 11.2 Å². The van der Waals surface area contributed by atoms with Crippen LogP contribution < -0.4 is 0 Å². The second-order valence-electron chi connectivity index (χ2n) is 6.27. The first kappa shape index (κ1) is 21.3. The maximum Gasteiger partial charge on any atom is 0.354 e. The van der Waals surface area contributed by atoms with Crippen LogP contribution in [-0.2, 0) is 13.6 Å². The smallest absolute Gasteiger partial charge is 0.354 e. The first-order valence-electron chi connectivity index (χ1n) is 8.54. The fraction of sp³-hybridized carbons (Fsp3) is 0.667. The molecule has 24 heavy (non-hydrogen) atoms. The molecule has 1 fully saturated rings. The Morgan fingerprint density at radius 3 is 2.54 bits per heavy atom. The highest BCUT2D eigenvalue weighted by Crippen LogP contribution is 2.55. The average molecular weight is 358 g/mol. The molecule has 0 saturated heterocycles. The predicted molar refractivity (Wildman–Crippen MR) is 96.9 cm³/mol. The van der Waals surface area contributed by atoms with Gasteiger partial charge in [-0.3, -0.25) is 4.57 Å². The SMILES string of the molecule is CCOP(=O)(/C=C1\[C@@H](O)CC[C@@]1(C)/C=C/C/C(C)=C/CO)OCC. The molecule has 0 aliphatic heterocycles. The molecule has 0 spiro atoms. The van der Waals surface area contributed by atoms with Crippen molar-refractivity contribution in [2.45, 2.75) is 53.1 Å². The summed E-state index contributed by atoms with van der Waals surface area (Å²) in [5.74, 6) is 1.51. The topological polar surface area (TPSA) is 76.0 Å². The normalized spacial score (nSPS) is 27.5. The number of aliphatic hydroxyl groups excluding tert-OH is 2. The van der Waals surface area contributed by atoms with E-state index in [0.29, 0.717) is 12.0 Å². The van der Waals surface area contributed by atoms with Crippen molar-refractivity contribution in [1.82, 2.24) is 0 Å². The zero-order valence-corrected chi connectivity index (χ0v) is 16.1. The van der Waals surface area contributed by atoms with Crippen LogP contribution in [0.2, 0.25) is 0 Å². The van der Waals surface area contributed by atoms with Gasteiger partial charge in [-0.15, -0.1) is 0 Å². The van der Waals surface area contributed by atoms with Crippen LogP contribution in [0.1, 0.15) is 47.0 Å². The molecule has 1 saturated carbocycles. The first-order chi connectivity index (χ1) is 11.3. The van der Waals surface area contributed by atoms with Gasteiger partial charge in [-0.1, -0.05) is 30.7 Å². The van der Waals surface area contributed by atoms with E-state index in [0.717, 1.165) is 18.4 Å². The molecule has 0 bridgehead atoms. The van der Waals surface area contributed by atoms with Crippen molar-refractivity contribution in [2.24, 2.45) is 5.41 Å². The van der Waals surface area contributed by atoms with Gasteiger partial charge in [0.2, 0.25) is 0 Å². The molecule has 1 rings (SSSR count). The Morgan fingerprint density at radius 2 is 2.00 bits per heavy atom. The molecule has 5 nitrogen and oxygen atoms in total. The zero-order valence-electron chi connectivity index (χ0n) is 15.2. The minimum Gasteiger partial charge on any atom is -0.392 e. The molecule has 2 N–H and O–H groups in total. The number of aliphatic hydroxyl groups is 2. The molecule has 1 aliphatic rings. The maximum absolute atomic E-state index is 12.8. The summed E-state index contributed by atoms with van der Waals surface area (Å²) >= 11 is 0. The lowest BCUT2D eigenvalue weighted by atomic mass is 9.84. The van der Waals surface area contributed by atoms with Crippen LogP contribution in [-0.4, -0.2) is 36.1 Å². The number of allylic oxidation sites excluding steroid dienone is 3. The minimum atomic E-state index is -3.35. The summed E-state index contributed by atoms with van der Waals surface area (Å²) in [6.07, 6.45) is 7.34. The van der Waals surface area contributed by atoms with Crippen molar-refractivity contribution in [2.75, 3.05) is 19.8 Å². The van der Waals surface area contributed by atoms with Gasteiger partial charge in [-0.25, -0.2) is 0 Å². The van der Waals surface area contributed by atoms with E-state index in [1.165, 1.54) is 5.82 Å². The molecule has 0 heterocycles. The van der Waals surface area contributed by atoms with E-state index < -0.39 is 13.7 Å². The third kappa shape index (κ3) is 5.98. The van der Waals surface area contributed by atoms with Crippen molar-refractivity contribution in [3.8, 4) is 0 Å². The van der Waals surface area contributed by atoms with E-state index in [1.807, 2.05) is 26.0 Å². The lowest BCUT2D eigenvalue weighted by Gasteiger charge is -2.25. The van der Waals surface area contributed by atoms with Gasteiger partial charge in [-0.05, 0) is 45.6 Å². The number of rotatable bonds is 9. The van der Waals surface area contributed by atoms with Crippen LogP contribution in [0.15, 0.2) is 35.2 Å². The quantitative estimate of drug-likeness (QED) is 0.478. The minimum absolute atomic E-state index is 0.0344. The number of hydrogen-bond acceptors (Lipinski definition) is 5. The molecular weight excluding hydrogens is 327 g/mol. The third-order valence-corrected chi connectivity index (χ3v) is 6.07. The zero-order chi connectivity index (χ0) is 18.2. The van der Waals surface area contributed by atoms with Crippen LogP contribution in [0.3, 0.4) is 0 Å². The maximum atomic E-state index is 12.8. The van der Waals surface area contributed by atoms with Crippen LogP contribution in [0, 0.1) is 5.41 Å². The Balaban J connectivity index is 3.04. The second kappa shape index (κ2) is 9.69. The van der Waals surface area contributed by atoms with E-state index >= 15 is 0 Å². The van der Waals surface area contributed by atoms with Gasteiger partial charge in [0.15, 0.2) is 0 Å². The van der Waals surface area contributed by atoms with Gasteiger partial charge < -0.3 is 19.3 Å². The van der Waals surface area contributed by atoms with Crippen molar-refractivity contribution in [3.63, 3.8) is 0 Å². The molecule has 0 radical (unpaired) electrons. The molecule has 2 atom stereocenters. The van der Waals surface area contributed by atoms with Crippen LogP contribution in [0.5, 0.6) is 0 Å². The van der Waals surface area contributed by atoms with Crippen LogP contribution >= 0.6 is 7.60 Å². The predicted octanol–water partition coefficient (Wildman–Crippen LogP) is 4.18. The van der Waals surface area contributed by atoms with E-state index in [2.05, 4.69) is 0 Å². The standard InChI is InChI=1S/C18H31O5P/c1-5-22-24(21,23-6-2)14-16-17(20)9-12-18(16,4)11-7-8-15(3)10-13-19/h7,10-11,14,17,19-20H,5-6,8-9,12-13H2,1-4H3/b11-7+,15-10+,16-14+/t17-,18+/m0/s1. The molecule has 0 aromatic heterocycles. The first-order valence-corrected chi connectivity index (χ1v) is 10.2. The summed E-state index contributed by atoms with van der Waals surface area (Å²) < 4.78 is 23.4. The van der Waals surface area contributed by atoms with Crippen molar-refractivity contribution in [1.29, 1.82) is 0 Å². The molecule has 6 heteroatoms. The molecule has 138 valence electrons. The van der Waals surface area contributed by atoms with E-state index in [4.69, 9.17) is 14.2 Å². The molecule has 0 aromatic rings. The second-order valence-corrected chi connectivity index (χ2v) is 8.13. The molecule has 1 aliphatic carbocycles. The lowest BCUT2D eigenvalue weighted by Crippen LogP contribution is -2.16. The third-order valence-electron chi connectivity index (χ3n) is 4.24. The lowest BCUT2D eigenvalue weighted by molar-refractivity contribution is 0.212. The van der Waals surface area contributed by atoms with E-state index in [-0.39, 0.29) is 25.2 Å². The monoisotopic (exact) mass is 358 g/mol. The molecule has 0 amide bonds. The van der Waals surface area contributed by atoms with Gasteiger partial charge >= 0.3 is 7.60 Å². The van der Waals surface area contributed by atoms with Gasteiger partial charge in [0.1, 0.15) is 0 Å². The van der Waals surface area contributed by atoms with Crippen molar-refractivity contribution < 1.29 is 23.8 Å². The van der Waals surface area contributed by atoms with E-state index in [1.54, 1.807) is 19.9 Å². The van der Waals surface area contributed by atoms with Crippen molar-refractivity contribution in [3.05, 3.63) is 35.2 Å². The summed E-state index contributed by atoms with van der Waals surface area (Å²) in [5, 5.41) is 19.2. The molecule has 0 aromatic carbocycles. The fourth-order valence-electron chi connectivity index (χ4n) is 2.92. The average Bonchev–Trinajstić information content (AvgIpc) is 2.76.